The first-order valence-corrected chi connectivity index (χ1v) is 6.47. The van der Waals surface area contributed by atoms with Gasteiger partial charge in [-0.15, -0.1) is 5.10 Å². The molecular formula is C13H24N4O. The topological polar surface area (TPSA) is 50.3 Å². The van der Waals surface area contributed by atoms with Gasteiger partial charge in [0.15, 0.2) is 5.82 Å². The van der Waals surface area contributed by atoms with E-state index in [1.54, 1.807) is 7.11 Å². The Morgan fingerprint density at radius 1 is 1.33 bits per heavy atom. The van der Waals surface area contributed by atoms with Crippen LogP contribution in [-0.2, 0) is 11.3 Å². The molecule has 0 aliphatic heterocycles. The third-order valence-corrected chi connectivity index (χ3v) is 2.67. The fourth-order valence-electron chi connectivity index (χ4n) is 1.56. The first kappa shape index (κ1) is 14.9. The fraction of sp³-hybridized carbons (Fsp3) is 0.692. The summed E-state index contributed by atoms with van der Waals surface area (Å²) in [4.78, 5) is 2.15. The van der Waals surface area contributed by atoms with Crippen LogP contribution in [0.1, 0.15) is 26.5 Å². The fourth-order valence-corrected chi connectivity index (χ4v) is 1.56. The molecule has 0 saturated carbocycles. The summed E-state index contributed by atoms with van der Waals surface area (Å²) in [5.74, 6) is 0.905. The monoisotopic (exact) mass is 252 g/mol. The number of nitrogens with one attached hydrogen (secondary N) is 1. The molecule has 0 saturated heterocycles. The molecule has 0 radical (unpaired) electrons. The van der Waals surface area contributed by atoms with Crippen LogP contribution in [0.3, 0.4) is 0 Å². The number of ether oxygens (including phenoxy) is 1. The van der Waals surface area contributed by atoms with Crippen LogP contribution in [0.2, 0.25) is 0 Å². The zero-order valence-electron chi connectivity index (χ0n) is 11.8. The normalized spacial score (nSPS) is 10.9. The predicted octanol–water partition coefficient (Wildman–Crippen LogP) is 1.45. The Morgan fingerprint density at radius 2 is 2.11 bits per heavy atom. The summed E-state index contributed by atoms with van der Waals surface area (Å²) in [5, 5.41) is 11.8. The van der Waals surface area contributed by atoms with Crippen molar-refractivity contribution in [2.45, 2.75) is 33.4 Å². The molecule has 0 aliphatic carbocycles. The van der Waals surface area contributed by atoms with Crippen molar-refractivity contribution in [2.24, 2.45) is 0 Å². The zero-order valence-corrected chi connectivity index (χ0v) is 11.8. The highest BCUT2D eigenvalue weighted by atomic mass is 16.5. The van der Waals surface area contributed by atoms with Crippen molar-refractivity contribution < 1.29 is 4.74 Å². The molecule has 5 heteroatoms. The lowest BCUT2D eigenvalue weighted by molar-refractivity contribution is 0.205. The number of anilines is 1. The smallest absolute Gasteiger partial charge is 0.151 e. The van der Waals surface area contributed by atoms with Crippen LogP contribution in [0.5, 0.6) is 0 Å². The largest absolute Gasteiger partial charge is 0.383 e. The van der Waals surface area contributed by atoms with Gasteiger partial charge in [-0.25, -0.2) is 0 Å². The molecular weight excluding hydrogens is 228 g/mol. The van der Waals surface area contributed by atoms with Crippen LogP contribution in [0.25, 0.3) is 0 Å². The molecule has 0 atom stereocenters. The molecule has 1 N–H and O–H groups in total. The van der Waals surface area contributed by atoms with Gasteiger partial charge in [-0.3, -0.25) is 0 Å². The molecule has 1 heterocycles. The number of rotatable bonds is 8. The summed E-state index contributed by atoms with van der Waals surface area (Å²) >= 11 is 0. The van der Waals surface area contributed by atoms with Crippen LogP contribution in [-0.4, -0.2) is 43.0 Å². The Balaban J connectivity index is 2.57. The van der Waals surface area contributed by atoms with Gasteiger partial charge in [-0.2, -0.15) is 5.10 Å². The molecule has 0 spiro atoms. The minimum atomic E-state index is 0.459. The number of aromatic nitrogens is 2. The van der Waals surface area contributed by atoms with Gasteiger partial charge < -0.3 is 15.0 Å². The number of nitrogens with zero attached hydrogens (tertiary/aromatic N) is 3. The molecule has 1 aromatic rings. The van der Waals surface area contributed by atoms with E-state index in [9.17, 15) is 0 Å². The Hall–Kier alpha value is -1.20. The molecule has 102 valence electrons. The zero-order chi connectivity index (χ0) is 13.4. The van der Waals surface area contributed by atoms with E-state index < -0.39 is 0 Å². The minimum absolute atomic E-state index is 0.459. The van der Waals surface area contributed by atoms with Gasteiger partial charge in [-0.1, -0.05) is 13.8 Å². The van der Waals surface area contributed by atoms with Gasteiger partial charge in [0.05, 0.1) is 12.3 Å². The van der Waals surface area contributed by atoms with Crippen molar-refractivity contribution in [3.8, 4) is 0 Å². The first-order valence-electron chi connectivity index (χ1n) is 6.47. The first-order chi connectivity index (χ1) is 8.67. The Bertz CT molecular complexity index is 326. The number of hydrogen-bond donors (Lipinski definition) is 1. The van der Waals surface area contributed by atoms with Gasteiger partial charge in [-0.05, 0) is 19.1 Å². The van der Waals surface area contributed by atoms with E-state index >= 15 is 0 Å². The summed E-state index contributed by atoms with van der Waals surface area (Å²) in [6, 6.07) is 4.50. The van der Waals surface area contributed by atoms with Crippen LogP contribution in [0.4, 0.5) is 5.82 Å². The summed E-state index contributed by atoms with van der Waals surface area (Å²) in [5.41, 5.74) is 0.968. The Kier molecular flexibility index (Phi) is 6.60. The van der Waals surface area contributed by atoms with Crippen molar-refractivity contribution in [3.05, 3.63) is 17.8 Å². The maximum absolute atomic E-state index is 5.08. The van der Waals surface area contributed by atoms with Crippen molar-refractivity contribution in [1.29, 1.82) is 0 Å². The highest BCUT2D eigenvalue weighted by Gasteiger charge is 2.06. The van der Waals surface area contributed by atoms with Crippen molar-refractivity contribution in [1.82, 2.24) is 15.5 Å². The quantitative estimate of drug-likeness (QED) is 0.759. The Labute approximate surface area is 110 Å². The van der Waals surface area contributed by atoms with E-state index in [0.29, 0.717) is 12.6 Å². The summed E-state index contributed by atoms with van der Waals surface area (Å²) in [7, 11) is 1.71. The maximum Gasteiger partial charge on any atom is 0.151 e. The van der Waals surface area contributed by atoms with Crippen LogP contribution < -0.4 is 10.2 Å². The van der Waals surface area contributed by atoms with E-state index in [-0.39, 0.29) is 0 Å². The van der Waals surface area contributed by atoms with E-state index in [1.165, 1.54) is 0 Å². The number of likely N-dealkylation sites (N-methyl/N-ethyl adjacent to an activating group) is 1. The van der Waals surface area contributed by atoms with Crippen LogP contribution in [0, 0.1) is 0 Å². The van der Waals surface area contributed by atoms with Crippen molar-refractivity contribution in [3.63, 3.8) is 0 Å². The Morgan fingerprint density at radius 3 is 2.61 bits per heavy atom. The van der Waals surface area contributed by atoms with E-state index in [1.807, 2.05) is 12.1 Å². The highest BCUT2D eigenvalue weighted by Crippen LogP contribution is 2.08. The molecule has 5 nitrogen and oxygen atoms in total. The molecule has 18 heavy (non-hydrogen) atoms. The van der Waals surface area contributed by atoms with Crippen molar-refractivity contribution in [2.75, 3.05) is 31.7 Å². The van der Waals surface area contributed by atoms with Crippen molar-refractivity contribution >= 4 is 5.82 Å². The standard InChI is InChI=1S/C13H24N4O/c1-5-17(8-9-18-4)13-7-6-12(15-16-13)10-14-11(2)3/h6-7,11,14H,5,8-10H2,1-4H3. The van der Waals surface area contributed by atoms with Gasteiger partial charge >= 0.3 is 0 Å². The minimum Gasteiger partial charge on any atom is -0.383 e. The number of methoxy groups -OCH3 is 1. The second-order valence-electron chi connectivity index (χ2n) is 4.49. The molecule has 1 aromatic heterocycles. The third-order valence-electron chi connectivity index (χ3n) is 2.67. The second-order valence-corrected chi connectivity index (χ2v) is 4.49. The lowest BCUT2D eigenvalue weighted by atomic mass is 10.3. The molecule has 0 aromatic carbocycles. The average Bonchev–Trinajstić information content (AvgIpc) is 2.38. The maximum atomic E-state index is 5.08. The highest BCUT2D eigenvalue weighted by molar-refractivity contribution is 5.36. The predicted molar refractivity (Wildman–Crippen MR) is 73.8 cm³/mol. The van der Waals surface area contributed by atoms with E-state index in [0.717, 1.165) is 31.1 Å². The summed E-state index contributed by atoms with van der Waals surface area (Å²) < 4.78 is 5.08. The SMILES string of the molecule is CCN(CCOC)c1ccc(CNC(C)C)nn1. The molecule has 1 rings (SSSR count). The van der Waals surface area contributed by atoms with Gasteiger partial charge in [0.1, 0.15) is 0 Å². The molecule has 0 fully saturated rings. The third kappa shape index (κ3) is 4.98. The van der Waals surface area contributed by atoms with Crippen LogP contribution in [0.15, 0.2) is 12.1 Å². The lowest BCUT2D eigenvalue weighted by Gasteiger charge is -2.20. The van der Waals surface area contributed by atoms with E-state index in [4.69, 9.17) is 4.74 Å². The molecule has 0 amide bonds. The summed E-state index contributed by atoms with van der Waals surface area (Å²) in [6.07, 6.45) is 0. The van der Waals surface area contributed by atoms with Gasteiger partial charge in [0, 0.05) is 32.8 Å². The lowest BCUT2D eigenvalue weighted by Crippen LogP contribution is -2.28. The van der Waals surface area contributed by atoms with Gasteiger partial charge in [0.25, 0.3) is 0 Å². The second kappa shape index (κ2) is 8.00. The van der Waals surface area contributed by atoms with Crippen LogP contribution >= 0.6 is 0 Å². The average molecular weight is 252 g/mol. The summed E-state index contributed by atoms with van der Waals surface area (Å²) in [6.45, 7) is 9.54. The van der Waals surface area contributed by atoms with Gasteiger partial charge in [0.2, 0.25) is 0 Å². The molecule has 0 bridgehead atoms. The molecule has 0 aliphatic rings. The van der Waals surface area contributed by atoms with E-state index in [2.05, 4.69) is 41.2 Å². The molecule has 0 unspecified atom stereocenters. The number of hydrogen-bond acceptors (Lipinski definition) is 5.